The van der Waals surface area contributed by atoms with E-state index in [9.17, 15) is 22.8 Å². The van der Waals surface area contributed by atoms with Crippen molar-refractivity contribution < 1.29 is 27.5 Å². The molecule has 0 aromatic heterocycles. The molecule has 2 aliphatic heterocycles. The number of nitrogens with zero attached hydrogens (tertiary/aromatic N) is 1. The van der Waals surface area contributed by atoms with Crippen molar-refractivity contribution in [2.75, 3.05) is 18.5 Å². The lowest BCUT2D eigenvalue weighted by atomic mass is 10.1. The second-order valence-corrected chi connectivity index (χ2v) is 5.77. The van der Waals surface area contributed by atoms with Gasteiger partial charge in [0.25, 0.3) is 0 Å². The first-order chi connectivity index (χ1) is 10.8. The fraction of sp³-hybridized carbons (Fsp3) is 0.429. The van der Waals surface area contributed by atoms with E-state index in [-0.39, 0.29) is 29.2 Å². The number of carbonyl (C=O) groups excluding carboxylic acids is 2. The standard InChI is InChI=1S/C14H12ClF3N2O3/c15-8-2-1-7(14(16,17)18)5-9(8)19-13(22)20-4-3-11-12(20)10(21)6-23-11/h1-2,5,11-12H,3-4,6H2,(H,19,22)/t11-,12-/m1/s1. The number of ether oxygens (including phenoxy) is 1. The van der Waals surface area contributed by atoms with Crippen LogP contribution in [-0.2, 0) is 15.7 Å². The Hall–Kier alpha value is -1.80. The van der Waals surface area contributed by atoms with Crippen LogP contribution in [0, 0.1) is 0 Å². The van der Waals surface area contributed by atoms with E-state index >= 15 is 0 Å². The average molecular weight is 349 g/mol. The zero-order chi connectivity index (χ0) is 16.8. The van der Waals surface area contributed by atoms with Crippen LogP contribution in [0.4, 0.5) is 23.7 Å². The number of anilines is 1. The van der Waals surface area contributed by atoms with Crippen LogP contribution in [0.1, 0.15) is 12.0 Å². The minimum absolute atomic E-state index is 0.0175. The molecule has 2 saturated heterocycles. The number of Topliss-reactive ketones (excluding diaryl/α,β-unsaturated/α-hetero) is 1. The number of alkyl halides is 3. The SMILES string of the molecule is O=C1CO[C@@H]2CCN(C(=O)Nc3cc(C(F)(F)F)ccc3Cl)[C@H]12. The molecule has 23 heavy (non-hydrogen) atoms. The minimum atomic E-state index is -4.54. The second-order valence-electron chi connectivity index (χ2n) is 5.37. The summed E-state index contributed by atoms with van der Waals surface area (Å²) in [4.78, 5) is 25.3. The summed E-state index contributed by atoms with van der Waals surface area (Å²) in [5.41, 5.74) is -1.07. The molecule has 2 aliphatic rings. The van der Waals surface area contributed by atoms with E-state index in [1.54, 1.807) is 0 Å². The van der Waals surface area contributed by atoms with Gasteiger partial charge in [-0.3, -0.25) is 4.79 Å². The van der Waals surface area contributed by atoms with Crippen molar-refractivity contribution in [2.45, 2.75) is 24.7 Å². The molecule has 2 fully saturated rings. The lowest BCUT2D eigenvalue weighted by molar-refractivity contribution is -0.137. The lowest BCUT2D eigenvalue weighted by Gasteiger charge is -2.22. The number of ketones is 1. The first-order valence-corrected chi connectivity index (χ1v) is 7.24. The van der Waals surface area contributed by atoms with Crippen LogP contribution in [0.25, 0.3) is 0 Å². The van der Waals surface area contributed by atoms with Gasteiger partial charge in [0.2, 0.25) is 0 Å². The number of rotatable bonds is 1. The van der Waals surface area contributed by atoms with Gasteiger partial charge in [-0.05, 0) is 24.6 Å². The molecule has 0 unspecified atom stereocenters. The highest BCUT2D eigenvalue weighted by molar-refractivity contribution is 6.33. The number of benzene rings is 1. The Kier molecular flexibility index (Phi) is 3.97. The number of urea groups is 1. The number of nitrogens with one attached hydrogen (secondary N) is 1. The topological polar surface area (TPSA) is 58.6 Å². The Morgan fingerprint density at radius 2 is 2.13 bits per heavy atom. The fourth-order valence-corrected chi connectivity index (χ4v) is 2.97. The number of likely N-dealkylation sites (tertiary alicyclic amines) is 1. The normalized spacial score (nSPS) is 24.0. The third-order valence-corrected chi connectivity index (χ3v) is 4.24. The van der Waals surface area contributed by atoms with Crippen molar-refractivity contribution in [3.63, 3.8) is 0 Å². The van der Waals surface area contributed by atoms with Gasteiger partial charge in [-0.25, -0.2) is 4.79 Å². The van der Waals surface area contributed by atoms with Gasteiger partial charge in [0.05, 0.1) is 22.4 Å². The molecule has 0 saturated carbocycles. The Balaban J connectivity index is 1.79. The van der Waals surface area contributed by atoms with Crippen LogP contribution in [0.2, 0.25) is 5.02 Å². The fourth-order valence-electron chi connectivity index (χ4n) is 2.81. The average Bonchev–Trinajstić information content (AvgIpc) is 3.03. The first kappa shape index (κ1) is 16.1. The van der Waals surface area contributed by atoms with Gasteiger partial charge in [0.15, 0.2) is 5.78 Å². The zero-order valence-corrected chi connectivity index (χ0v) is 12.4. The maximum absolute atomic E-state index is 12.7. The summed E-state index contributed by atoms with van der Waals surface area (Å²) in [5.74, 6) is -0.210. The van der Waals surface area contributed by atoms with Gasteiger partial charge in [0, 0.05) is 6.54 Å². The van der Waals surface area contributed by atoms with E-state index in [0.29, 0.717) is 13.0 Å². The molecule has 5 nitrogen and oxygen atoms in total. The number of halogens is 4. The maximum Gasteiger partial charge on any atom is 0.416 e. The van der Waals surface area contributed by atoms with E-state index in [0.717, 1.165) is 18.2 Å². The summed E-state index contributed by atoms with van der Waals surface area (Å²) in [6.45, 7) is 0.243. The van der Waals surface area contributed by atoms with Gasteiger partial charge in [-0.15, -0.1) is 0 Å². The Morgan fingerprint density at radius 3 is 2.83 bits per heavy atom. The number of carbonyl (C=O) groups is 2. The lowest BCUT2D eigenvalue weighted by Crippen LogP contribution is -2.44. The van der Waals surface area contributed by atoms with Crippen LogP contribution in [0.15, 0.2) is 18.2 Å². The van der Waals surface area contributed by atoms with Crippen LogP contribution in [-0.4, -0.2) is 42.0 Å². The largest absolute Gasteiger partial charge is 0.416 e. The molecule has 0 radical (unpaired) electrons. The van der Waals surface area contributed by atoms with Crippen molar-refractivity contribution in [3.8, 4) is 0 Å². The number of hydrogen-bond acceptors (Lipinski definition) is 3. The molecule has 124 valence electrons. The van der Waals surface area contributed by atoms with E-state index < -0.39 is 23.8 Å². The molecule has 0 spiro atoms. The molecular formula is C14H12ClF3N2O3. The molecule has 0 bridgehead atoms. The summed E-state index contributed by atoms with van der Waals surface area (Å²) >= 11 is 5.84. The minimum Gasteiger partial charge on any atom is -0.368 e. The van der Waals surface area contributed by atoms with Crippen LogP contribution in [0.5, 0.6) is 0 Å². The van der Waals surface area contributed by atoms with Crippen LogP contribution < -0.4 is 5.32 Å². The number of fused-ring (bicyclic) bond motifs is 1. The van der Waals surface area contributed by atoms with Gasteiger partial charge in [0.1, 0.15) is 12.6 Å². The monoisotopic (exact) mass is 348 g/mol. The predicted molar refractivity (Wildman–Crippen MR) is 75.3 cm³/mol. The highest BCUT2D eigenvalue weighted by Gasteiger charge is 2.46. The Labute approximate surface area is 134 Å². The summed E-state index contributed by atoms with van der Waals surface area (Å²) < 4.78 is 43.5. The van der Waals surface area contributed by atoms with E-state index in [4.69, 9.17) is 16.3 Å². The van der Waals surface area contributed by atoms with Crippen molar-refractivity contribution >= 4 is 29.1 Å². The smallest absolute Gasteiger partial charge is 0.368 e. The van der Waals surface area contributed by atoms with E-state index in [1.165, 1.54) is 4.90 Å². The van der Waals surface area contributed by atoms with Gasteiger partial charge in [-0.1, -0.05) is 11.6 Å². The third kappa shape index (κ3) is 3.00. The highest BCUT2D eigenvalue weighted by Crippen LogP contribution is 2.34. The highest BCUT2D eigenvalue weighted by atomic mass is 35.5. The molecule has 1 N–H and O–H groups in total. The van der Waals surface area contributed by atoms with Crippen LogP contribution >= 0.6 is 11.6 Å². The Morgan fingerprint density at radius 1 is 1.39 bits per heavy atom. The van der Waals surface area contributed by atoms with Crippen molar-refractivity contribution in [2.24, 2.45) is 0 Å². The van der Waals surface area contributed by atoms with Crippen molar-refractivity contribution in [3.05, 3.63) is 28.8 Å². The van der Waals surface area contributed by atoms with Crippen LogP contribution in [0.3, 0.4) is 0 Å². The van der Waals surface area contributed by atoms with E-state index in [1.807, 2.05) is 0 Å². The van der Waals surface area contributed by atoms with Crippen molar-refractivity contribution in [1.29, 1.82) is 0 Å². The first-order valence-electron chi connectivity index (χ1n) is 6.86. The Bertz CT molecular complexity index is 665. The van der Waals surface area contributed by atoms with E-state index in [2.05, 4.69) is 5.32 Å². The second kappa shape index (κ2) is 5.68. The number of hydrogen-bond donors (Lipinski definition) is 1. The van der Waals surface area contributed by atoms with Gasteiger partial charge >= 0.3 is 12.2 Å². The molecule has 3 rings (SSSR count). The molecule has 2 heterocycles. The molecule has 2 atom stereocenters. The van der Waals surface area contributed by atoms with Crippen molar-refractivity contribution in [1.82, 2.24) is 4.90 Å². The molecule has 1 aromatic carbocycles. The molecule has 9 heteroatoms. The molecular weight excluding hydrogens is 337 g/mol. The third-order valence-electron chi connectivity index (χ3n) is 3.91. The summed E-state index contributed by atoms with van der Waals surface area (Å²) in [7, 11) is 0. The van der Waals surface area contributed by atoms with Gasteiger partial charge < -0.3 is 15.0 Å². The molecule has 2 amide bonds. The quantitative estimate of drug-likeness (QED) is 0.849. The molecule has 1 aromatic rings. The maximum atomic E-state index is 12.7. The van der Waals surface area contributed by atoms with Gasteiger partial charge in [-0.2, -0.15) is 13.2 Å². The number of amides is 2. The zero-order valence-electron chi connectivity index (χ0n) is 11.7. The summed E-state index contributed by atoms with van der Waals surface area (Å²) in [6.07, 6.45) is -4.37. The predicted octanol–water partition coefficient (Wildman–Crippen LogP) is 2.93. The summed E-state index contributed by atoms with van der Waals surface area (Å²) in [6, 6.07) is 1.31. The summed E-state index contributed by atoms with van der Waals surface area (Å²) in [5, 5.41) is 2.33. The molecule has 0 aliphatic carbocycles.